The van der Waals surface area contributed by atoms with Gasteiger partial charge in [-0.2, -0.15) is 0 Å². The molecule has 0 aromatic carbocycles. The lowest BCUT2D eigenvalue weighted by Crippen LogP contribution is -2.49. The number of carbonyl (C=O) groups is 2. The highest BCUT2D eigenvalue weighted by molar-refractivity contribution is 5.86. The molecule has 0 N–H and O–H groups in total. The first-order valence-electron chi connectivity index (χ1n) is 7.71. The second-order valence-electron chi connectivity index (χ2n) is 6.30. The maximum atomic E-state index is 12.5. The third kappa shape index (κ3) is 4.17. The van der Waals surface area contributed by atoms with Gasteiger partial charge < -0.3 is 14.4 Å². The SMILES string of the molecule is CC(=O)OC(C)(C)C(=O)N1CCCN(C2CCOC2)CC1. The van der Waals surface area contributed by atoms with Crippen molar-refractivity contribution in [2.75, 3.05) is 39.4 Å². The molecule has 1 amide bonds. The highest BCUT2D eigenvalue weighted by atomic mass is 16.6. The maximum absolute atomic E-state index is 12.5. The van der Waals surface area contributed by atoms with Crippen molar-refractivity contribution in [3.8, 4) is 0 Å². The average molecular weight is 298 g/mol. The smallest absolute Gasteiger partial charge is 0.303 e. The van der Waals surface area contributed by atoms with Crippen LogP contribution in [-0.2, 0) is 19.1 Å². The number of amides is 1. The number of rotatable bonds is 3. The standard InChI is InChI=1S/C15H26N2O4/c1-12(18)21-15(2,3)14(19)17-7-4-6-16(8-9-17)13-5-10-20-11-13/h13H,4-11H2,1-3H3. The normalized spacial score (nSPS) is 24.7. The highest BCUT2D eigenvalue weighted by Gasteiger charge is 2.36. The summed E-state index contributed by atoms with van der Waals surface area (Å²) >= 11 is 0. The summed E-state index contributed by atoms with van der Waals surface area (Å²) in [5.74, 6) is -0.532. The van der Waals surface area contributed by atoms with Crippen molar-refractivity contribution in [2.24, 2.45) is 0 Å². The Balaban J connectivity index is 1.92. The van der Waals surface area contributed by atoms with E-state index in [1.807, 2.05) is 4.90 Å². The van der Waals surface area contributed by atoms with E-state index in [2.05, 4.69) is 4.90 Å². The van der Waals surface area contributed by atoms with Gasteiger partial charge in [0.25, 0.3) is 5.91 Å². The molecule has 2 aliphatic heterocycles. The molecule has 1 unspecified atom stereocenters. The Morgan fingerprint density at radius 1 is 1.19 bits per heavy atom. The third-order valence-electron chi connectivity index (χ3n) is 4.15. The van der Waals surface area contributed by atoms with Crippen LogP contribution in [0.15, 0.2) is 0 Å². The molecule has 0 spiro atoms. The van der Waals surface area contributed by atoms with Crippen LogP contribution in [0.5, 0.6) is 0 Å². The fraction of sp³-hybridized carbons (Fsp3) is 0.867. The van der Waals surface area contributed by atoms with Crippen molar-refractivity contribution in [2.45, 2.75) is 45.3 Å². The Bertz CT molecular complexity index is 391. The lowest BCUT2D eigenvalue weighted by molar-refractivity contribution is -0.168. The Morgan fingerprint density at radius 2 is 1.95 bits per heavy atom. The predicted molar refractivity (Wildman–Crippen MR) is 77.8 cm³/mol. The molecule has 0 bridgehead atoms. The van der Waals surface area contributed by atoms with Gasteiger partial charge >= 0.3 is 5.97 Å². The van der Waals surface area contributed by atoms with E-state index in [1.54, 1.807) is 13.8 Å². The van der Waals surface area contributed by atoms with Gasteiger partial charge in [0.05, 0.1) is 6.61 Å². The van der Waals surface area contributed by atoms with Crippen LogP contribution < -0.4 is 0 Å². The fourth-order valence-corrected chi connectivity index (χ4v) is 3.10. The summed E-state index contributed by atoms with van der Waals surface area (Å²) in [7, 11) is 0. The van der Waals surface area contributed by atoms with Gasteiger partial charge in [0.15, 0.2) is 5.60 Å². The van der Waals surface area contributed by atoms with Crippen LogP contribution >= 0.6 is 0 Å². The summed E-state index contributed by atoms with van der Waals surface area (Å²) in [6, 6.07) is 0.488. The van der Waals surface area contributed by atoms with Gasteiger partial charge in [0.2, 0.25) is 0 Å². The summed E-state index contributed by atoms with van der Waals surface area (Å²) in [5.41, 5.74) is -1.09. The Hall–Kier alpha value is -1.14. The van der Waals surface area contributed by atoms with Gasteiger partial charge in [-0.1, -0.05) is 0 Å². The average Bonchev–Trinajstić information content (AvgIpc) is 2.81. The van der Waals surface area contributed by atoms with Crippen molar-refractivity contribution < 1.29 is 19.1 Å². The number of hydrogen-bond donors (Lipinski definition) is 0. The molecule has 2 rings (SSSR count). The van der Waals surface area contributed by atoms with Crippen molar-refractivity contribution in [3.63, 3.8) is 0 Å². The first-order chi connectivity index (χ1) is 9.90. The van der Waals surface area contributed by atoms with E-state index in [0.717, 1.165) is 39.1 Å². The van der Waals surface area contributed by atoms with E-state index in [9.17, 15) is 9.59 Å². The van der Waals surface area contributed by atoms with Crippen LogP contribution in [-0.4, -0.2) is 72.7 Å². The maximum Gasteiger partial charge on any atom is 0.303 e. The first-order valence-corrected chi connectivity index (χ1v) is 7.71. The Labute approximate surface area is 126 Å². The number of esters is 1. The van der Waals surface area contributed by atoms with Gasteiger partial charge in [-0.3, -0.25) is 14.5 Å². The Kier molecular flexibility index (Phi) is 5.22. The topological polar surface area (TPSA) is 59.1 Å². The summed E-state index contributed by atoms with van der Waals surface area (Å²) < 4.78 is 10.6. The van der Waals surface area contributed by atoms with Crippen molar-refractivity contribution >= 4 is 11.9 Å². The van der Waals surface area contributed by atoms with Crippen molar-refractivity contribution in [1.82, 2.24) is 9.80 Å². The molecule has 2 fully saturated rings. The largest absolute Gasteiger partial charge is 0.450 e. The van der Waals surface area contributed by atoms with Crippen LogP contribution in [0.3, 0.4) is 0 Å². The van der Waals surface area contributed by atoms with Crippen LogP contribution in [0, 0.1) is 0 Å². The lowest BCUT2D eigenvalue weighted by atomic mass is 10.1. The molecular formula is C15H26N2O4. The fourth-order valence-electron chi connectivity index (χ4n) is 3.10. The quantitative estimate of drug-likeness (QED) is 0.716. The molecule has 2 aliphatic rings. The second kappa shape index (κ2) is 6.75. The molecule has 6 heteroatoms. The third-order valence-corrected chi connectivity index (χ3v) is 4.15. The van der Waals surface area contributed by atoms with Crippen molar-refractivity contribution in [1.29, 1.82) is 0 Å². The molecule has 21 heavy (non-hydrogen) atoms. The minimum Gasteiger partial charge on any atom is -0.450 e. The van der Waals surface area contributed by atoms with Crippen LogP contribution in [0.25, 0.3) is 0 Å². The molecule has 2 saturated heterocycles. The van der Waals surface area contributed by atoms with E-state index >= 15 is 0 Å². The predicted octanol–water partition coefficient (Wildman–Crippen LogP) is 0.651. The van der Waals surface area contributed by atoms with Crippen LogP contribution in [0.1, 0.15) is 33.6 Å². The zero-order valence-corrected chi connectivity index (χ0v) is 13.3. The van der Waals surface area contributed by atoms with Gasteiger partial charge in [-0.05, 0) is 26.7 Å². The summed E-state index contributed by atoms with van der Waals surface area (Å²) in [5, 5.41) is 0. The zero-order valence-electron chi connectivity index (χ0n) is 13.3. The molecule has 0 radical (unpaired) electrons. The molecule has 0 aromatic rings. The lowest BCUT2D eigenvalue weighted by Gasteiger charge is -2.31. The highest BCUT2D eigenvalue weighted by Crippen LogP contribution is 2.18. The van der Waals surface area contributed by atoms with E-state index < -0.39 is 11.6 Å². The number of nitrogens with zero attached hydrogens (tertiary/aromatic N) is 2. The molecule has 0 aliphatic carbocycles. The first kappa shape index (κ1) is 16.2. The minimum absolute atomic E-state index is 0.109. The second-order valence-corrected chi connectivity index (χ2v) is 6.30. The van der Waals surface area contributed by atoms with Crippen LogP contribution in [0.2, 0.25) is 0 Å². The minimum atomic E-state index is -1.09. The van der Waals surface area contributed by atoms with Gasteiger partial charge in [-0.15, -0.1) is 0 Å². The van der Waals surface area contributed by atoms with E-state index in [1.165, 1.54) is 6.92 Å². The molecule has 120 valence electrons. The van der Waals surface area contributed by atoms with E-state index in [-0.39, 0.29) is 5.91 Å². The van der Waals surface area contributed by atoms with Gasteiger partial charge in [-0.25, -0.2) is 0 Å². The van der Waals surface area contributed by atoms with E-state index in [4.69, 9.17) is 9.47 Å². The zero-order chi connectivity index (χ0) is 15.5. The Morgan fingerprint density at radius 3 is 2.57 bits per heavy atom. The number of ether oxygens (including phenoxy) is 2. The summed E-state index contributed by atoms with van der Waals surface area (Å²) in [6.07, 6.45) is 2.02. The summed E-state index contributed by atoms with van der Waals surface area (Å²) in [6.45, 7) is 9.53. The molecular weight excluding hydrogens is 272 g/mol. The van der Waals surface area contributed by atoms with Gasteiger partial charge in [0, 0.05) is 45.8 Å². The summed E-state index contributed by atoms with van der Waals surface area (Å²) in [4.78, 5) is 27.9. The number of hydrogen-bond acceptors (Lipinski definition) is 5. The van der Waals surface area contributed by atoms with E-state index in [0.29, 0.717) is 19.1 Å². The molecule has 0 aromatic heterocycles. The monoisotopic (exact) mass is 298 g/mol. The van der Waals surface area contributed by atoms with Crippen molar-refractivity contribution in [3.05, 3.63) is 0 Å². The molecule has 6 nitrogen and oxygen atoms in total. The molecule has 0 saturated carbocycles. The van der Waals surface area contributed by atoms with Crippen LogP contribution in [0.4, 0.5) is 0 Å². The number of carbonyl (C=O) groups excluding carboxylic acids is 2. The molecule has 2 heterocycles. The molecule has 1 atom stereocenters. The van der Waals surface area contributed by atoms with Gasteiger partial charge in [0.1, 0.15) is 0 Å².